The lowest BCUT2D eigenvalue weighted by Crippen LogP contribution is -2.26. The lowest BCUT2D eigenvalue weighted by molar-refractivity contribution is -0.129. The molecule has 0 N–H and O–H groups in total. The van der Waals surface area contributed by atoms with E-state index in [2.05, 4.69) is 0 Å². The van der Waals surface area contributed by atoms with Crippen LogP contribution in [0.5, 0.6) is 0 Å². The fourth-order valence-electron chi connectivity index (χ4n) is 0.891. The van der Waals surface area contributed by atoms with E-state index in [9.17, 15) is 14.0 Å². The molecule has 0 saturated heterocycles. The Labute approximate surface area is 74.8 Å². The number of carbonyl (C=O) groups is 2. The third-order valence-corrected chi connectivity index (χ3v) is 1.63. The minimum Gasteiger partial charge on any atom is -0.309 e. The number of amides is 1. The predicted molar refractivity (Wildman–Crippen MR) is 45.9 cm³/mol. The van der Waals surface area contributed by atoms with E-state index in [1.807, 2.05) is 0 Å². The Morgan fingerprint density at radius 1 is 1.54 bits per heavy atom. The monoisotopic (exact) mass is 181 g/mol. The second kappa shape index (κ2) is 3.80. The van der Waals surface area contributed by atoms with Gasteiger partial charge >= 0.3 is 0 Å². The highest BCUT2D eigenvalue weighted by atomic mass is 19.1. The van der Waals surface area contributed by atoms with Crippen LogP contribution in [0.15, 0.2) is 24.3 Å². The normalized spacial score (nSPS) is 9.38. The van der Waals surface area contributed by atoms with Crippen LogP contribution >= 0.6 is 0 Å². The van der Waals surface area contributed by atoms with E-state index in [1.54, 1.807) is 6.07 Å². The minimum absolute atomic E-state index is 0.185. The first-order valence-corrected chi connectivity index (χ1v) is 3.63. The van der Waals surface area contributed by atoms with Crippen LogP contribution in [0, 0.1) is 5.82 Å². The van der Waals surface area contributed by atoms with Crippen LogP contribution in [-0.2, 0) is 9.59 Å². The van der Waals surface area contributed by atoms with E-state index in [0.717, 1.165) is 4.90 Å². The molecule has 0 aliphatic heterocycles. The van der Waals surface area contributed by atoms with Gasteiger partial charge in [-0.25, -0.2) is 4.39 Å². The van der Waals surface area contributed by atoms with Crippen LogP contribution in [0.1, 0.15) is 0 Å². The second-order valence-electron chi connectivity index (χ2n) is 2.49. The first kappa shape index (κ1) is 9.38. The molecule has 1 aromatic carbocycles. The molecule has 3 nitrogen and oxygen atoms in total. The van der Waals surface area contributed by atoms with Crippen LogP contribution in [0.3, 0.4) is 0 Å². The Morgan fingerprint density at radius 3 is 2.77 bits per heavy atom. The summed E-state index contributed by atoms with van der Waals surface area (Å²) in [5.74, 6) is -1.14. The van der Waals surface area contributed by atoms with Crippen LogP contribution < -0.4 is 4.90 Å². The molecule has 0 aliphatic rings. The summed E-state index contributed by atoms with van der Waals surface area (Å²) in [6.07, 6.45) is 0.185. The third kappa shape index (κ3) is 2.11. The molecule has 0 saturated carbocycles. The first-order chi connectivity index (χ1) is 6.15. The molecule has 0 aromatic heterocycles. The number of hydrogen-bond acceptors (Lipinski definition) is 2. The van der Waals surface area contributed by atoms with E-state index in [1.165, 1.54) is 25.2 Å². The number of hydrogen-bond donors (Lipinski definition) is 0. The van der Waals surface area contributed by atoms with Crippen molar-refractivity contribution in [3.8, 4) is 0 Å². The van der Waals surface area contributed by atoms with Crippen molar-refractivity contribution in [3.63, 3.8) is 0 Å². The van der Waals surface area contributed by atoms with Crippen LogP contribution in [0.25, 0.3) is 0 Å². The highest BCUT2D eigenvalue weighted by Gasteiger charge is 2.08. The highest BCUT2D eigenvalue weighted by Crippen LogP contribution is 2.13. The maximum Gasteiger partial charge on any atom is 0.290 e. The summed E-state index contributed by atoms with van der Waals surface area (Å²) in [6.45, 7) is 0. The van der Waals surface area contributed by atoms with Gasteiger partial charge in [-0.1, -0.05) is 6.07 Å². The van der Waals surface area contributed by atoms with Crippen LogP contribution in [-0.4, -0.2) is 19.2 Å². The summed E-state index contributed by atoms with van der Waals surface area (Å²) in [5.41, 5.74) is 0.358. The van der Waals surface area contributed by atoms with Gasteiger partial charge in [0.15, 0.2) is 0 Å². The molecule has 0 heterocycles. The fourth-order valence-corrected chi connectivity index (χ4v) is 0.891. The third-order valence-electron chi connectivity index (χ3n) is 1.63. The average Bonchev–Trinajstić information content (AvgIpc) is 2.15. The Hall–Kier alpha value is -1.71. The lowest BCUT2D eigenvalue weighted by atomic mass is 10.3. The zero-order valence-electron chi connectivity index (χ0n) is 7.03. The van der Waals surface area contributed by atoms with Crippen molar-refractivity contribution in [1.82, 2.24) is 0 Å². The Kier molecular flexibility index (Phi) is 2.74. The summed E-state index contributed by atoms with van der Waals surface area (Å²) in [4.78, 5) is 22.1. The van der Waals surface area contributed by atoms with Crippen LogP contribution in [0.2, 0.25) is 0 Å². The van der Waals surface area contributed by atoms with E-state index in [4.69, 9.17) is 0 Å². The Morgan fingerprint density at radius 2 is 2.23 bits per heavy atom. The molecule has 1 amide bonds. The minimum atomic E-state index is -0.703. The largest absolute Gasteiger partial charge is 0.309 e. The summed E-state index contributed by atoms with van der Waals surface area (Å²) in [7, 11) is 1.41. The van der Waals surface area contributed by atoms with Crippen molar-refractivity contribution in [2.45, 2.75) is 0 Å². The molecule has 0 aliphatic carbocycles. The number of nitrogens with zero attached hydrogens (tertiary/aromatic N) is 1. The number of halogens is 1. The van der Waals surface area contributed by atoms with Gasteiger partial charge in [0.05, 0.1) is 0 Å². The molecule has 13 heavy (non-hydrogen) atoms. The summed E-state index contributed by atoms with van der Waals surface area (Å²) in [5, 5.41) is 0. The molecule has 68 valence electrons. The molecular weight excluding hydrogens is 173 g/mol. The van der Waals surface area contributed by atoms with E-state index >= 15 is 0 Å². The van der Waals surface area contributed by atoms with Gasteiger partial charge in [0.25, 0.3) is 5.91 Å². The molecule has 0 atom stereocenters. The number of aldehydes is 1. The van der Waals surface area contributed by atoms with Crippen molar-refractivity contribution in [1.29, 1.82) is 0 Å². The van der Waals surface area contributed by atoms with E-state index in [0.29, 0.717) is 5.69 Å². The summed E-state index contributed by atoms with van der Waals surface area (Å²) in [6, 6.07) is 5.47. The zero-order valence-corrected chi connectivity index (χ0v) is 7.03. The zero-order chi connectivity index (χ0) is 9.84. The lowest BCUT2D eigenvalue weighted by Gasteiger charge is -2.13. The Bertz CT molecular complexity index is 338. The fraction of sp³-hybridized carbons (Fsp3) is 0.111. The second-order valence-corrected chi connectivity index (χ2v) is 2.49. The smallest absolute Gasteiger partial charge is 0.290 e. The van der Waals surface area contributed by atoms with Gasteiger partial charge in [-0.15, -0.1) is 0 Å². The number of likely N-dealkylation sites (N-methyl/N-ethyl adjacent to an activating group) is 1. The van der Waals surface area contributed by atoms with Crippen molar-refractivity contribution in [2.75, 3.05) is 11.9 Å². The molecule has 1 aromatic rings. The van der Waals surface area contributed by atoms with Gasteiger partial charge in [0, 0.05) is 12.7 Å². The SMILES string of the molecule is CN(C(=O)C=O)c1cccc(F)c1. The van der Waals surface area contributed by atoms with Crippen molar-refractivity contribution < 1.29 is 14.0 Å². The number of rotatable bonds is 2. The molecular formula is C9H8FNO2. The molecule has 0 bridgehead atoms. The molecule has 1 rings (SSSR count). The van der Waals surface area contributed by atoms with E-state index in [-0.39, 0.29) is 6.29 Å². The Balaban J connectivity index is 2.94. The quantitative estimate of drug-likeness (QED) is 0.504. The standard InChI is InChI=1S/C9H8FNO2/c1-11(9(13)6-12)8-4-2-3-7(10)5-8/h2-6H,1H3. The van der Waals surface area contributed by atoms with Gasteiger partial charge < -0.3 is 4.90 Å². The van der Waals surface area contributed by atoms with Crippen molar-refractivity contribution in [3.05, 3.63) is 30.1 Å². The van der Waals surface area contributed by atoms with Crippen molar-refractivity contribution in [2.24, 2.45) is 0 Å². The molecule has 0 fully saturated rings. The van der Waals surface area contributed by atoms with Crippen molar-refractivity contribution >= 4 is 17.9 Å². The first-order valence-electron chi connectivity index (χ1n) is 3.63. The molecule has 0 spiro atoms. The molecule has 4 heteroatoms. The summed E-state index contributed by atoms with van der Waals surface area (Å²) >= 11 is 0. The number of carbonyl (C=O) groups excluding carboxylic acids is 2. The average molecular weight is 181 g/mol. The van der Waals surface area contributed by atoms with Gasteiger partial charge in [0.1, 0.15) is 5.82 Å². The number of anilines is 1. The summed E-state index contributed by atoms with van der Waals surface area (Å²) < 4.78 is 12.7. The highest BCUT2D eigenvalue weighted by molar-refractivity contribution is 6.30. The molecule has 0 radical (unpaired) electrons. The van der Waals surface area contributed by atoms with Gasteiger partial charge in [-0.3, -0.25) is 9.59 Å². The maximum atomic E-state index is 12.7. The number of benzene rings is 1. The van der Waals surface area contributed by atoms with Gasteiger partial charge in [-0.05, 0) is 18.2 Å². The predicted octanol–water partition coefficient (Wildman–Crippen LogP) is 0.987. The maximum absolute atomic E-state index is 12.7. The van der Waals surface area contributed by atoms with Crippen LogP contribution in [0.4, 0.5) is 10.1 Å². The van der Waals surface area contributed by atoms with Gasteiger partial charge in [-0.2, -0.15) is 0 Å². The van der Waals surface area contributed by atoms with E-state index < -0.39 is 11.7 Å². The van der Waals surface area contributed by atoms with Gasteiger partial charge in [0.2, 0.25) is 6.29 Å². The molecule has 0 unspecified atom stereocenters. The topological polar surface area (TPSA) is 37.4 Å².